The van der Waals surface area contributed by atoms with Crippen molar-refractivity contribution in [2.24, 2.45) is 5.92 Å². The molecule has 0 aliphatic rings. The molecule has 0 bridgehead atoms. The Morgan fingerprint density at radius 1 is 1.10 bits per heavy atom. The lowest BCUT2D eigenvalue weighted by atomic mass is 9.96. The van der Waals surface area contributed by atoms with Crippen LogP contribution in [0.2, 0.25) is 0 Å². The van der Waals surface area contributed by atoms with Gasteiger partial charge in [-0.2, -0.15) is 5.10 Å². The number of carbonyl (C=O) groups excluding carboxylic acids is 1. The van der Waals surface area contributed by atoms with Crippen LogP contribution in [-0.2, 0) is 0 Å². The first-order valence-electron chi connectivity index (χ1n) is 9.50. The fourth-order valence-electron chi connectivity index (χ4n) is 3.25. The number of nitrogens with zero attached hydrogens (tertiary/aromatic N) is 3. The van der Waals surface area contributed by atoms with Crippen LogP contribution < -0.4 is 10.7 Å². The molecule has 0 saturated carbocycles. The predicted molar refractivity (Wildman–Crippen MR) is 113 cm³/mol. The first kappa shape index (κ1) is 20.9. The van der Waals surface area contributed by atoms with Crippen molar-refractivity contribution in [3.8, 4) is 5.69 Å². The van der Waals surface area contributed by atoms with E-state index in [1.165, 1.54) is 22.9 Å². The van der Waals surface area contributed by atoms with Crippen molar-refractivity contribution < 1.29 is 9.72 Å². The minimum atomic E-state index is -0.630. The Morgan fingerprint density at radius 2 is 1.73 bits per heavy atom. The van der Waals surface area contributed by atoms with E-state index in [1.807, 2.05) is 44.2 Å². The van der Waals surface area contributed by atoms with Gasteiger partial charge in [-0.15, -0.1) is 0 Å². The number of para-hydroxylation sites is 2. The van der Waals surface area contributed by atoms with Gasteiger partial charge in [0, 0.05) is 17.8 Å². The highest BCUT2D eigenvalue weighted by Crippen LogP contribution is 2.23. The summed E-state index contributed by atoms with van der Waals surface area (Å²) in [5, 5.41) is 18.4. The highest BCUT2D eigenvalue weighted by Gasteiger charge is 2.24. The van der Waals surface area contributed by atoms with Crippen LogP contribution >= 0.6 is 0 Å². The van der Waals surface area contributed by atoms with E-state index < -0.39 is 16.3 Å². The molecule has 1 unspecified atom stereocenters. The first-order valence-corrected chi connectivity index (χ1v) is 9.50. The van der Waals surface area contributed by atoms with Crippen LogP contribution in [0.3, 0.4) is 0 Å². The van der Waals surface area contributed by atoms with Gasteiger partial charge >= 0.3 is 0 Å². The predicted octanol–water partition coefficient (Wildman–Crippen LogP) is 3.58. The van der Waals surface area contributed by atoms with Crippen molar-refractivity contribution in [3.05, 3.63) is 98.0 Å². The Balaban J connectivity index is 2.03. The molecule has 0 spiro atoms. The molecule has 154 valence electrons. The number of nitro benzene ring substituents is 1. The molecule has 0 fully saturated rings. The van der Waals surface area contributed by atoms with E-state index in [4.69, 9.17) is 0 Å². The number of aryl methyl sites for hydroxylation is 1. The second-order valence-electron chi connectivity index (χ2n) is 7.26. The molecule has 8 nitrogen and oxygen atoms in total. The van der Waals surface area contributed by atoms with E-state index in [9.17, 15) is 19.7 Å². The van der Waals surface area contributed by atoms with Crippen molar-refractivity contribution in [1.82, 2.24) is 15.1 Å². The van der Waals surface area contributed by atoms with Gasteiger partial charge in [0.05, 0.1) is 11.0 Å². The molecule has 3 aromatic rings. The second-order valence-corrected chi connectivity index (χ2v) is 7.26. The quantitative estimate of drug-likeness (QED) is 0.497. The van der Waals surface area contributed by atoms with Gasteiger partial charge in [-0.25, -0.2) is 4.68 Å². The molecule has 1 aromatic heterocycles. The molecule has 0 aliphatic heterocycles. The lowest BCUT2D eigenvalue weighted by molar-refractivity contribution is -0.384. The monoisotopic (exact) mass is 406 g/mol. The molecule has 0 aliphatic carbocycles. The van der Waals surface area contributed by atoms with Crippen molar-refractivity contribution in [2.45, 2.75) is 26.8 Å². The zero-order chi connectivity index (χ0) is 21.8. The minimum Gasteiger partial charge on any atom is -0.343 e. The van der Waals surface area contributed by atoms with Crippen LogP contribution in [0.15, 0.2) is 65.5 Å². The fraction of sp³-hybridized carbons (Fsp3) is 0.227. The molecule has 1 atom stereocenters. The summed E-state index contributed by atoms with van der Waals surface area (Å²) >= 11 is 0. The highest BCUT2D eigenvalue weighted by atomic mass is 16.6. The van der Waals surface area contributed by atoms with Gasteiger partial charge in [0.15, 0.2) is 5.69 Å². The maximum absolute atomic E-state index is 12.9. The smallest absolute Gasteiger partial charge is 0.294 e. The molecular weight excluding hydrogens is 384 g/mol. The molecule has 8 heteroatoms. The number of aromatic nitrogens is 2. The minimum absolute atomic E-state index is 0.0687. The third kappa shape index (κ3) is 4.27. The van der Waals surface area contributed by atoms with Gasteiger partial charge in [-0.05, 0) is 24.5 Å². The van der Waals surface area contributed by atoms with Crippen LogP contribution in [0.5, 0.6) is 0 Å². The number of nitrogens with one attached hydrogen (secondary N) is 1. The van der Waals surface area contributed by atoms with Gasteiger partial charge in [0.2, 0.25) is 5.43 Å². The Labute approximate surface area is 173 Å². The first-order chi connectivity index (χ1) is 14.3. The molecule has 1 amide bonds. The zero-order valence-electron chi connectivity index (χ0n) is 16.9. The van der Waals surface area contributed by atoms with Crippen LogP contribution in [0.25, 0.3) is 5.69 Å². The average Bonchev–Trinajstić information content (AvgIpc) is 2.72. The molecule has 3 rings (SSSR count). The van der Waals surface area contributed by atoms with Gasteiger partial charge in [-0.3, -0.25) is 19.7 Å². The van der Waals surface area contributed by atoms with E-state index in [2.05, 4.69) is 10.4 Å². The van der Waals surface area contributed by atoms with Crippen molar-refractivity contribution in [3.63, 3.8) is 0 Å². The summed E-state index contributed by atoms with van der Waals surface area (Å²) in [7, 11) is 0. The lowest BCUT2D eigenvalue weighted by Gasteiger charge is -2.22. The highest BCUT2D eigenvalue weighted by molar-refractivity contribution is 5.92. The summed E-state index contributed by atoms with van der Waals surface area (Å²) < 4.78 is 1.25. The van der Waals surface area contributed by atoms with Gasteiger partial charge in [0.1, 0.15) is 5.69 Å². The van der Waals surface area contributed by atoms with Gasteiger partial charge < -0.3 is 5.32 Å². The zero-order valence-corrected chi connectivity index (χ0v) is 16.9. The molecule has 2 aromatic carbocycles. The topological polar surface area (TPSA) is 107 Å². The standard InChI is InChI=1S/C22H22N4O4/c1-14(2)20(16-9-5-4-6-10-16)23-22(28)21-19(27)13-15(3)25(24-21)17-11-7-8-12-18(17)26(29)30/h4-14,20H,1-3H3,(H,23,28). The number of benzene rings is 2. The Morgan fingerprint density at radius 3 is 2.37 bits per heavy atom. The summed E-state index contributed by atoms with van der Waals surface area (Å²) in [5.41, 5.74) is 0.432. The summed E-state index contributed by atoms with van der Waals surface area (Å²) in [6.07, 6.45) is 0. The lowest BCUT2D eigenvalue weighted by Crippen LogP contribution is -2.36. The number of hydrogen-bond acceptors (Lipinski definition) is 5. The number of hydrogen-bond donors (Lipinski definition) is 1. The summed E-state index contributed by atoms with van der Waals surface area (Å²) in [6, 6.07) is 16.4. The van der Waals surface area contributed by atoms with Crippen LogP contribution in [0, 0.1) is 23.0 Å². The maximum Gasteiger partial charge on any atom is 0.294 e. The van der Waals surface area contributed by atoms with Gasteiger partial charge in [0.25, 0.3) is 11.6 Å². The van der Waals surface area contributed by atoms with Crippen molar-refractivity contribution in [2.75, 3.05) is 0 Å². The van der Waals surface area contributed by atoms with E-state index in [1.54, 1.807) is 19.1 Å². The van der Waals surface area contributed by atoms with Crippen molar-refractivity contribution >= 4 is 11.6 Å². The molecule has 1 heterocycles. The van der Waals surface area contributed by atoms with E-state index >= 15 is 0 Å². The number of amides is 1. The van der Waals surface area contributed by atoms with E-state index in [-0.39, 0.29) is 29.0 Å². The normalized spacial score (nSPS) is 11.9. The second kappa shape index (κ2) is 8.69. The van der Waals surface area contributed by atoms with E-state index in [0.717, 1.165) is 5.56 Å². The van der Waals surface area contributed by atoms with Gasteiger partial charge in [-0.1, -0.05) is 56.3 Å². The summed E-state index contributed by atoms with van der Waals surface area (Å²) in [4.78, 5) is 36.3. The van der Waals surface area contributed by atoms with Crippen molar-refractivity contribution in [1.29, 1.82) is 0 Å². The number of nitro groups is 1. The fourth-order valence-corrected chi connectivity index (χ4v) is 3.25. The van der Waals surface area contributed by atoms with E-state index in [0.29, 0.717) is 5.69 Å². The third-order valence-electron chi connectivity index (χ3n) is 4.74. The average molecular weight is 406 g/mol. The molecule has 0 saturated heterocycles. The number of rotatable bonds is 6. The third-order valence-corrected chi connectivity index (χ3v) is 4.74. The molecular formula is C22H22N4O4. The largest absolute Gasteiger partial charge is 0.343 e. The Hall–Kier alpha value is -3.81. The Kier molecular flexibility index (Phi) is 6.06. The number of carbonyl (C=O) groups is 1. The SMILES string of the molecule is Cc1cc(=O)c(C(=O)NC(c2ccccc2)C(C)C)nn1-c1ccccc1[N+](=O)[O-]. The molecule has 1 N–H and O–H groups in total. The Bertz CT molecular complexity index is 1140. The molecule has 0 radical (unpaired) electrons. The van der Waals surface area contributed by atoms with Crippen LogP contribution in [0.1, 0.15) is 41.6 Å². The van der Waals surface area contributed by atoms with Crippen LogP contribution in [-0.4, -0.2) is 20.6 Å². The summed E-state index contributed by atoms with van der Waals surface area (Å²) in [6.45, 7) is 5.53. The van der Waals surface area contributed by atoms with Crippen LogP contribution in [0.4, 0.5) is 5.69 Å². The maximum atomic E-state index is 12.9. The summed E-state index contributed by atoms with van der Waals surface area (Å²) in [5.74, 6) is -0.561. The molecule has 30 heavy (non-hydrogen) atoms.